The van der Waals surface area contributed by atoms with Crippen LogP contribution in [0.15, 0.2) is 23.4 Å². The Hall–Kier alpha value is -1.11. The van der Waals surface area contributed by atoms with Crippen LogP contribution in [0.5, 0.6) is 0 Å². The predicted octanol–water partition coefficient (Wildman–Crippen LogP) is 1.99. The first-order chi connectivity index (χ1) is 11.2. The highest BCUT2D eigenvalue weighted by Crippen LogP contribution is 2.29. The van der Waals surface area contributed by atoms with Crippen LogP contribution < -0.4 is 0 Å². The number of nitrogens with zero attached hydrogens (tertiary/aromatic N) is 3. The van der Waals surface area contributed by atoms with Gasteiger partial charge >= 0.3 is 0 Å². The minimum atomic E-state index is 0.132. The zero-order valence-electron chi connectivity index (χ0n) is 13.9. The van der Waals surface area contributed by atoms with Crippen LogP contribution in [0.3, 0.4) is 0 Å². The Balaban J connectivity index is 1.75. The van der Waals surface area contributed by atoms with Gasteiger partial charge in [0.2, 0.25) is 0 Å². The number of hydrogen-bond donors (Lipinski definition) is 0. The summed E-state index contributed by atoms with van der Waals surface area (Å²) in [5, 5.41) is 0.824. The molecule has 5 nitrogen and oxygen atoms in total. The lowest BCUT2D eigenvalue weighted by Crippen LogP contribution is -2.45. The normalized spacial score (nSPS) is 24.7. The number of methoxy groups -OCH3 is 1. The van der Waals surface area contributed by atoms with E-state index in [0.717, 1.165) is 43.4 Å². The van der Waals surface area contributed by atoms with Crippen molar-refractivity contribution >= 4 is 17.7 Å². The molecule has 0 aromatic carbocycles. The molecule has 0 radical (unpaired) electrons. The van der Waals surface area contributed by atoms with Gasteiger partial charge in [0.15, 0.2) is 0 Å². The van der Waals surface area contributed by atoms with Gasteiger partial charge in [-0.05, 0) is 37.1 Å². The average molecular weight is 335 g/mol. The van der Waals surface area contributed by atoms with Crippen LogP contribution in [0.2, 0.25) is 0 Å². The van der Waals surface area contributed by atoms with Gasteiger partial charge in [-0.2, -0.15) is 0 Å². The van der Waals surface area contributed by atoms with Crippen LogP contribution in [-0.4, -0.2) is 72.9 Å². The highest BCUT2D eigenvalue weighted by atomic mass is 32.2. The Morgan fingerprint density at radius 1 is 1.39 bits per heavy atom. The second kappa shape index (κ2) is 7.64. The summed E-state index contributed by atoms with van der Waals surface area (Å²) in [4.78, 5) is 21.9. The van der Waals surface area contributed by atoms with Crippen molar-refractivity contribution in [2.45, 2.75) is 23.9 Å². The number of hydrogen-bond acceptors (Lipinski definition) is 5. The van der Waals surface area contributed by atoms with Crippen LogP contribution in [0.25, 0.3) is 0 Å². The fourth-order valence-corrected chi connectivity index (χ4v) is 4.26. The molecule has 2 atom stereocenters. The molecule has 126 valence electrons. The van der Waals surface area contributed by atoms with Gasteiger partial charge in [-0.1, -0.05) is 0 Å². The maximum Gasteiger partial charge on any atom is 0.256 e. The number of piperidine rings is 1. The zero-order chi connectivity index (χ0) is 16.2. The van der Waals surface area contributed by atoms with Crippen LogP contribution in [0, 0.1) is 5.92 Å². The second-order valence-corrected chi connectivity index (χ2v) is 7.15. The Labute approximate surface area is 142 Å². The molecular weight excluding hydrogens is 310 g/mol. The van der Waals surface area contributed by atoms with Crippen molar-refractivity contribution in [3.8, 4) is 0 Å². The summed E-state index contributed by atoms with van der Waals surface area (Å²) in [5.41, 5.74) is 0.741. The molecule has 2 bridgehead atoms. The Morgan fingerprint density at radius 2 is 2.26 bits per heavy atom. The first-order valence-electron chi connectivity index (χ1n) is 8.24. The Kier molecular flexibility index (Phi) is 5.56. The lowest BCUT2D eigenvalue weighted by atomic mass is 9.95. The van der Waals surface area contributed by atoms with Gasteiger partial charge in [-0.25, -0.2) is 4.98 Å². The van der Waals surface area contributed by atoms with Gasteiger partial charge in [-0.3, -0.25) is 9.69 Å². The third-order valence-electron chi connectivity index (χ3n) is 4.89. The van der Waals surface area contributed by atoms with Crippen molar-refractivity contribution < 1.29 is 9.53 Å². The monoisotopic (exact) mass is 335 g/mol. The molecule has 0 N–H and O–H groups in total. The fourth-order valence-electron chi connectivity index (χ4n) is 3.71. The maximum absolute atomic E-state index is 13.0. The summed E-state index contributed by atoms with van der Waals surface area (Å²) >= 11 is 1.54. The number of amides is 1. The summed E-state index contributed by atoms with van der Waals surface area (Å²) < 4.78 is 5.23. The van der Waals surface area contributed by atoms with E-state index in [9.17, 15) is 4.79 Å². The minimum absolute atomic E-state index is 0.132. The largest absolute Gasteiger partial charge is 0.383 e. The Morgan fingerprint density at radius 3 is 3.04 bits per heavy atom. The summed E-state index contributed by atoms with van der Waals surface area (Å²) in [5.74, 6) is 0.705. The molecule has 0 unspecified atom stereocenters. The molecule has 3 aliphatic heterocycles. The van der Waals surface area contributed by atoms with E-state index in [4.69, 9.17) is 4.74 Å². The van der Waals surface area contributed by atoms with E-state index in [1.165, 1.54) is 24.6 Å². The van der Waals surface area contributed by atoms with Crippen molar-refractivity contribution in [1.82, 2.24) is 14.8 Å². The molecule has 1 aromatic rings. The fraction of sp³-hybridized carbons (Fsp3) is 0.647. The van der Waals surface area contributed by atoms with E-state index in [1.807, 2.05) is 23.3 Å². The number of pyridine rings is 1. The van der Waals surface area contributed by atoms with E-state index in [0.29, 0.717) is 12.0 Å². The molecule has 4 heterocycles. The van der Waals surface area contributed by atoms with Gasteiger partial charge in [0.25, 0.3) is 5.91 Å². The molecule has 0 saturated carbocycles. The molecule has 23 heavy (non-hydrogen) atoms. The number of thioether (sulfide) groups is 1. The predicted molar refractivity (Wildman–Crippen MR) is 91.9 cm³/mol. The molecule has 0 spiro atoms. The third kappa shape index (κ3) is 3.70. The second-order valence-electron chi connectivity index (χ2n) is 6.36. The molecule has 1 amide bonds. The average Bonchev–Trinajstić information content (AvgIpc) is 2.91. The standard InChI is InChI=1S/C17H25N3O2S/c1-22-9-8-19-10-13-5-6-14(19)12-20(11-13)17(21)15-4-3-7-18-16(15)23-2/h3-4,7,13-14H,5-6,8-12H2,1-2H3/t13-,14-/m1/s1. The van der Waals surface area contributed by atoms with E-state index in [1.54, 1.807) is 13.3 Å². The lowest BCUT2D eigenvalue weighted by Gasteiger charge is -2.35. The van der Waals surface area contributed by atoms with Crippen LogP contribution in [0.1, 0.15) is 23.2 Å². The van der Waals surface area contributed by atoms with Crippen LogP contribution >= 0.6 is 11.8 Å². The summed E-state index contributed by atoms with van der Waals surface area (Å²) in [6.07, 6.45) is 6.12. The third-order valence-corrected chi connectivity index (χ3v) is 5.60. The first kappa shape index (κ1) is 16.7. The highest BCUT2D eigenvalue weighted by Gasteiger charge is 2.36. The van der Waals surface area contributed by atoms with E-state index in [2.05, 4.69) is 9.88 Å². The number of carbonyl (C=O) groups is 1. The maximum atomic E-state index is 13.0. The first-order valence-corrected chi connectivity index (χ1v) is 9.46. The van der Waals surface area contributed by atoms with Crippen molar-refractivity contribution in [2.24, 2.45) is 5.92 Å². The molecule has 0 aliphatic carbocycles. The van der Waals surface area contributed by atoms with Gasteiger partial charge < -0.3 is 9.64 Å². The van der Waals surface area contributed by atoms with Crippen molar-refractivity contribution in [3.05, 3.63) is 23.9 Å². The van der Waals surface area contributed by atoms with Crippen molar-refractivity contribution in [2.75, 3.05) is 46.2 Å². The van der Waals surface area contributed by atoms with Crippen LogP contribution in [0.4, 0.5) is 0 Å². The molecule has 6 heteroatoms. The zero-order valence-corrected chi connectivity index (χ0v) is 14.7. The molecule has 3 saturated heterocycles. The number of rotatable bonds is 5. The smallest absolute Gasteiger partial charge is 0.256 e. The van der Waals surface area contributed by atoms with Crippen LogP contribution in [-0.2, 0) is 4.74 Å². The molecular formula is C17H25N3O2S. The minimum Gasteiger partial charge on any atom is -0.383 e. The van der Waals surface area contributed by atoms with E-state index >= 15 is 0 Å². The quantitative estimate of drug-likeness (QED) is 0.770. The molecule has 3 fully saturated rings. The van der Waals surface area contributed by atoms with E-state index in [-0.39, 0.29) is 5.91 Å². The number of aromatic nitrogens is 1. The highest BCUT2D eigenvalue weighted by molar-refractivity contribution is 7.98. The van der Waals surface area contributed by atoms with Crippen molar-refractivity contribution in [3.63, 3.8) is 0 Å². The number of fused-ring (bicyclic) bond motifs is 4. The number of carbonyl (C=O) groups excluding carboxylic acids is 1. The molecule has 4 rings (SSSR count). The SMILES string of the molecule is COCCN1C[C@H]2CC[C@@H]1CN(C(=O)c1cccnc1SC)C2. The van der Waals surface area contributed by atoms with Gasteiger partial charge in [0.05, 0.1) is 12.2 Å². The van der Waals surface area contributed by atoms with E-state index < -0.39 is 0 Å². The van der Waals surface area contributed by atoms with Gasteiger partial charge in [0, 0.05) is 45.5 Å². The molecule has 3 aliphatic rings. The topological polar surface area (TPSA) is 45.7 Å². The summed E-state index contributed by atoms with van der Waals surface area (Å²) in [7, 11) is 1.75. The van der Waals surface area contributed by atoms with Crippen molar-refractivity contribution in [1.29, 1.82) is 0 Å². The summed E-state index contributed by atoms with van der Waals surface area (Å²) in [6.45, 7) is 4.49. The van der Waals surface area contributed by atoms with Gasteiger partial charge in [0.1, 0.15) is 5.03 Å². The number of ether oxygens (including phenoxy) is 1. The van der Waals surface area contributed by atoms with Gasteiger partial charge in [-0.15, -0.1) is 11.8 Å². The Bertz CT molecular complexity index is 554. The lowest BCUT2D eigenvalue weighted by molar-refractivity contribution is 0.0714. The molecule has 1 aromatic heterocycles. The summed E-state index contributed by atoms with van der Waals surface area (Å²) in [6, 6.07) is 4.21.